The number of benzene rings is 3. The SMILES string of the molecule is C=CC(=O)Nc1ccc(-c2c(-c3ccccc3)oc3ncnc(NC(CO)c4ccccc4)c23)cc1. The zero-order valence-corrected chi connectivity index (χ0v) is 19.4. The number of nitrogens with zero attached hydrogens (tertiary/aromatic N) is 2. The van der Waals surface area contributed by atoms with Gasteiger partial charge in [-0.15, -0.1) is 0 Å². The molecule has 1 atom stereocenters. The summed E-state index contributed by atoms with van der Waals surface area (Å²) in [7, 11) is 0. The largest absolute Gasteiger partial charge is 0.437 e. The Hall–Kier alpha value is -4.75. The Bertz CT molecular complexity index is 1500. The van der Waals surface area contributed by atoms with Crippen LogP contribution in [0.25, 0.3) is 33.6 Å². The maximum Gasteiger partial charge on any atom is 0.247 e. The van der Waals surface area contributed by atoms with Gasteiger partial charge in [0.15, 0.2) is 0 Å². The Morgan fingerprint density at radius 1 is 0.944 bits per heavy atom. The van der Waals surface area contributed by atoms with E-state index in [0.717, 1.165) is 22.3 Å². The van der Waals surface area contributed by atoms with Crippen molar-refractivity contribution in [2.75, 3.05) is 17.2 Å². The summed E-state index contributed by atoms with van der Waals surface area (Å²) in [5, 5.41) is 17.0. The van der Waals surface area contributed by atoms with Crippen molar-refractivity contribution in [3.8, 4) is 22.5 Å². The average molecular weight is 477 g/mol. The topological polar surface area (TPSA) is 100 Å². The van der Waals surface area contributed by atoms with Crippen molar-refractivity contribution in [3.05, 3.63) is 109 Å². The molecular weight excluding hydrogens is 452 g/mol. The standard InChI is InChI=1S/C29H24N4O3/c1-2-24(35)32-22-15-13-20(14-16-22)25-26-28(33-23(17-34)19-9-5-3-6-10-19)30-18-31-29(26)36-27(25)21-11-7-4-8-12-21/h2-16,18,23,34H,1,17H2,(H,32,35)(H,30,31,33). The van der Waals surface area contributed by atoms with E-state index < -0.39 is 0 Å². The van der Waals surface area contributed by atoms with Crippen LogP contribution in [0.3, 0.4) is 0 Å². The number of aliphatic hydroxyl groups excluding tert-OH is 1. The van der Waals surface area contributed by atoms with Crippen LogP contribution in [0.2, 0.25) is 0 Å². The molecule has 0 fully saturated rings. The maximum atomic E-state index is 11.7. The van der Waals surface area contributed by atoms with E-state index in [1.165, 1.54) is 12.4 Å². The van der Waals surface area contributed by atoms with E-state index >= 15 is 0 Å². The van der Waals surface area contributed by atoms with Gasteiger partial charge in [-0.2, -0.15) is 0 Å². The predicted octanol–water partition coefficient (Wildman–Crippen LogP) is 5.83. The van der Waals surface area contributed by atoms with Gasteiger partial charge in [-0.3, -0.25) is 4.79 Å². The second-order valence-corrected chi connectivity index (χ2v) is 8.14. The van der Waals surface area contributed by atoms with Crippen molar-refractivity contribution in [1.82, 2.24) is 9.97 Å². The first-order chi connectivity index (χ1) is 17.7. The number of furan rings is 1. The van der Waals surface area contributed by atoms with Gasteiger partial charge < -0.3 is 20.2 Å². The van der Waals surface area contributed by atoms with Crippen molar-refractivity contribution in [2.24, 2.45) is 0 Å². The van der Waals surface area contributed by atoms with Crippen molar-refractivity contribution < 1.29 is 14.3 Å². The molecule has 7 heteroatoms. The third kappa shape index (κ3) is 4.60. The zero-order chi connectivity index (χ0) is 24.9. The normalized spacial score (nSPS) is 11.7. The molecule has 0 spiro atoms. The van der Waals surface area contributed by atoms with Gasteiger partial charge in [0.25, 0.3) is 0 Å². The summed E-state index contributed by atoms with van der Waals surface area (Å²) in [5.41, 5.74) is 4.57. The highest BCUT2D eigenvalue weighted by molar-refractivity contribution is 6.06. The Kier molecular flexibility index (Phi) is 6.55. The number of carbonyl (C=O) groups excluding carboxylic acids is 1. The van der Waals surface area contributed by atoms with E-state index in [-0.39, 0.29) is 18.6 Å². The van der Waals surface area contributed by atoms with Gasteiger partial charge in [-0.05, 0) is 29.3 Å². The second kappa shape index (κ2) is 10.2. The molecule has 178 valence electrons. The number of hydrogen-bond donors (Lipinski definition) is 3. The molecule has 3 N–H and O–H groups in total. The molecule has 0 radical (unpaired) electrons. The van der Waals surface area contributed by atoms with Gasteiger partial charge in [0.05, 0.1) is 18.0 Å². The summed E-state index contributed by atoms with van der Waals surface area (Å²) in [5.74, 6) is 0.919. The summed E-state index contributed by atoms with van der Waals surface area (Å²) in [6.45, 7) is 3.37. The van der Waals surface area contributed by atoms with Crippen molar-refractivity contribution in [2.45, 2.75) is 6.04 Å². The molecule has 3 aromatic carbocycles. The smallest absolute Gasteiger partial charge is 0.247 e. The average Bonchev–Trinajstić information content (AvgIpc) is 3.33. The fourth-order valence-corrected chi connectivity index (χ4v) is 4.11. The summed E-state index contributed by atoms with van der Waals surface area (Å²) < 4.78 is 6.28. The Morgan fingerprint density at radius 3 is 2.31 bits per heavy atom. The van der Waals surface area contributed by atoms with Crippen LogP contribution in [0.15, 0.2) is 108 Å². The summed E-state index contributed by atoms with van der Waals surface area (Å²) >= 11 is 0. The zero-order valence-electron chi connectivity index (χ0n) is 19.4. The van der Waals surface area contributed by atoms with Gasteiger partial charge in [-0.1, -0.05) is 79.4 Å². The van der Waals surface area contributed by atoms with Crippen LogP contribution in [0.4, 0.5) is 11.5 Å². The van der Waals surface area contributed by atoms with Gasteiger partial charge in [-0.25, -0.2) is 9.97 Å². The lowest BCUT2D eigenvalue weighted by molar-refractivity contribution is -0.111. The lowest BCUT2D eigenvalue weighted by atomic mass is 9.98. The minimum atomic E-state index is -0.372. The highest BCUT2D eigenvalue weighted by Crippen LogP contribution is 2.43. The number of rotatable bonds is 8. The molecule has 0 saturated heterocycles. The minimum Gasteiger partial charge on any atom is -0.437 e. The molecular formula is C29H24N4O3. The fourth-order valence-electron chi connectivity index (χ4n) is 4.11. The van der Waals surface area contributed by atoms with Crippen LogP contribution in [-0.4, -0.2) is 27.6 Å². The molecule has 0 aliphatic carbocycles. The highest BCUT2D eigenvalue weighted by Gasteiger charge is 2.23. The van der Waals surface area contributed by atoms with Gasteiger partial charge in [0.2, 0.25) is 11.6 Å². The van der Waals surface area contributed by atoms with E-state index in [0.29, 0.717) is 28.4 Å². The minimum absolute atomic E-state index is 0.119. The van der Waals surface area contributed by atoms with Crippen molar-refractivity contribution in [1.29, 1.82) is 0 Å². The Labute approximate surface area is 208 Å². The monoisotopic (exact) mass is 476 g/mol. The highest BCUT2D eigenvalue weighted by atomic mass is 16.3. The van der Waals surface area contributed by atoms with Crippen molar-refractivity contribution in [3.63, 3.8) is 0 Å². The number of anilines is 2. The molecule has 0 aliphatic heterocycles. The number of hydrogen-bond acceptors (Lipinski definition) is 6. The molecule has 5 rings (SSSR count). The summed E-state index contributed by atoms with van der Waals surface area (Å²) in [4.78, 5) is 20.6. The van der Waals surface area contributed by atoms with E-state index in [9.17, 15) is 9.90 Å². The molecule has 0 bridgehead atoms. The van der Waals surface area contributed by atoms with Crippen LogP contribution < -0.4 is 10.6 Å². The van der Waals surface area contributed by atoms with Gasteiger partial charge in [0, 0.05) is 16.8 Å². The van der Waals surface area contributed by atoms with E-state index in [1.807, 2.05) is 84.9 Å². The molecule has 0 saturated carbocycles. The molecule has 0 aliphatic rings. The summed E-state index contributed by atoms with van der Waals surface area (Å²) in [6, 6.07) is 26.6. The number of carbonyl (C=O) groups is 1. The van der Waals surface area contributed by atoms with Gasteiger partial charge >= 0.3 is 0 Å². The summed E-state index contributed by atoms with van der Waals surface area (Å²) in [6.07, 6.45) is 2.67. The lowest BCUT2D eigenvalue weighted by Gasteiger charge is -2.18. The van der Waals surface area contributed by atoms with Crippen LogP contribution in [0.1, 0.15) is 11.6 Å². The molecule has 5 aromatic rings. The third-order valence-electron chi connectivity index (χ3n) is 5.85. The Balaban J connectivity index is 1.66. The van der Waals surface area contributed by atoms with Crippen LogP contribution in [0.5, 0.6) is 0 Å². The Morgan fingerprint density at radius 2 is 1.64 bits per heavy atom. The second-order valence-electron chi connectivity index (χ2n) is 8.14. The molecule has 2 aromatic heterocycles. The number of aliphatic hydroxyl groups is 1. The molecule has 7 nitrogen and oxygen atoms in total. The lowest BCUT2D eigenvalue weighted by Crippen LogP contribution is -2.15. The first kappa shape index (κ1) is 23.0. The van der Waals surface area contributed by atoms with Crippen molar-refractivity contribution >= 4 is 28.5 Å². The van der Waals surface area contributed by atoms with Crippen LogP contribution >= 0.6 is 0 Å². The fraction of sp³-hybridized carbons (Fsp3) is 0.0690. The van der Waals surface area contributed by atoms with E-state index in [2.05, 4.69) is 27.2 Å². The molecule has 1 amide bonds. The number of fused-ring (bicyclic) bond motifs is 1. The number of aromatic nitrogens is 2. The first-order valence-electron chi connectivity index (χ1n) is 11.5. The van der Waals surface area contributed by atoms with E-state index in [4.69, 9.17) is 4.42 Å². The van der Waals surface area contributed by atoms with Crippen LogP contribution in [-0.2, 0) is 4.79 Å². The van der Waals surface area contributed by atoms with Crippen LogP contribution in [0, 0.1) is 0 Å². The molecule has 1 unspecified atom stereocenters. The maximum absolute atomic E-state index is 11.7. The van der Waals surface area contributed by atoms with Gasteiger partial charge in [0.1, 0.15) is 17.9 Å². The predicted molar refractivity (Wildman–Crippen MR) is 141 cm³/mol. The first-order valence-corrected chi connectivity index (χ1v) is 11.5. The molecule has 36 heavy (non-hydrogen) atoms. The number of nitrogens with one attached hydrogen (secondary N) is 2. The third-order valence-corrected chi connectivity index (χ3v) is 5.85. The quantitative estimate of drug-likeness (QED) is 0.244. The number of amides is 1. The van der Waals surface area contributed by atoms with E-state index in [1.54, 1.807) is 0 Å². The molecule has 2 heterocycles.